The molecule has 26 heavy (non-hydrogen) atoms. The van der Waals surface area contributed by atoms with E-state index in [0.717, 1.165) is 15.3 Å². The number of pyridine rings is 1. The fraction of sp³-hybridized carbons (Fsp3) is 0.333. The van der Waals surface area contributed by atoms with Crippen molar-refractivity contribution in [2.75, 3.05) is 6.61 Å². The van der Waals surface area contributed by atoms with Gasteiger partial charge in [-0.05, 0) is 32.9 Å². The van der Waals surface area contributed by atoms with Crippen LogP contribution >= 0.6 is 11.3 Å². The minimum absolute atomic E-state index is 0.257. The van der Waals surface area contributed by atoms with Gasteiger partial charge in [-0.15, -0.1) is 11.3 Å². The Balaban J connectivity index is 1.81. The Bertz CT molecular complexity index is 1040. The van der Waals surface area contributed by atoms with Gasteiger partial charge in [-0.3, -0.25) is 0 Å². The molecule has 0 aromatic carbocycles. The first-order valence-electron chi connectivity index (χ1n) is 8.16. The molecule has 1 saturated heterocycles. The fourth-order valence-corrected chi connectivity index (χ4v) is 3.99. The molecule has 1 fully saturated rings. The monoisotopic (exact) mass is 372 g/mol. The molecule has 0 unspecified atom stereocenters. The number of cyclic esters (lactones) is 1. The van der Waals surface area contributed by atoms with Gasteiger partial charge < -0.3 is 14.0 Å². The zero-order valence-electron chi connectivity index (χ0n) is 14.5. The summed E-state index contributed by atoms with van der Waals surface area (Å²) in [5, 5.41) is 4.41. The highest BCUT2D eigenvalue weighted by Crippen LogP contribution is 2.33. The lowest BCUT2D eigenvalue weighted by molar-refractivity contribution is -0.145. The minimum atomic E-state index is -0.876. The van der Waals surface area contributed by atoms with Crippen molar-refractivity contribution < 1.29 is 23.6 Å². The Morgan fingerprint density at radius 3 is 2.77 bits per heavy atom. The van der Waals surface area contributed by atoms with Crippen molar-refractivity contribution in [3.05, 3.63) is 33.1 Å². The van der Waals surface area contributed by atoms with Gasteiger partial charge in [0.1, 0.15) is 0 Å². The first kappa shape index (κ1) is 16.7. The second-order valence-corrected chi connectivity index (χ2v) is 7.64. The molecule has 1 aliphatic heterocycles. The second kappa shape index (κ2) is 6.21. The van der Waals surface area contributed by atoms with E-state index in [1.54, 1.807) is 24.3 Å². The van der Waals surface area contributed by atoms with Gasteiger partial charge >= 0.3 is 11.9 Å². The summed E-state index contributed by atoms with van der Waals surface area (Å²) in [7, 11) is 0. The normalized spacial score (nSPS) is 16.9. The molecule has 0 aliphatic carbocycles. The van der Waals surface area contributed by atoms with E-state index < -0.39 is 18.0 Å². The number of carbonyl (C=O) groups is 2. The van der Waals surface area contributed by atoms with E-state index in [2.05, 4.69) is 10.1 Å². The summed E-state index contributed by atoms with van der Waals surface area (Å²) in [6, 6.07) is 3.69. The van der Waals surface area contributed by atoms with Gasteiger partial charge in [0.05, 0.1) is 28.9 Å². The van der Waals surface area contributed by atoms with Crippen molar-refractivity contribution in [1.29, 1.82) is 0 Å². The van der Waals surface area contributed by atoms with Gasteiger partial charge in [-0.1, -0.05) is 5.16 Å². The maximum atomic E-state index is 12.8. The molecule has 4 heterocycles. The van der Waals surface area contributed by atoms with Crippen molar-refractivity contribution in [1.82, 2.24) is 10.1 Å². The standard InChI is InChI=1S/C18H16N2O5S/c1-8-6-11(10(3)26-8)13-7-12(15-9(2)20-25-16(15)19-13)17(21)24-14-4-5-23-18(14)22/h6-7,14H,4-5H2,1-3H3/t14-/m0/s1. The highest BCUT2D eigenvalue weighted by molar-refractivity contribution is 7.12. The fourth-order valence-electron chi connectivity index (χ4n) is 3.06. The Hall–Kier alpha value is -2.74. The van der Waals surface area contributed by atoms with Crippen LogP contribution in [0.4, 0.5) is 0 Å². The van der Waals surface area contributed by atoms with E-state index in [0.29, 0.717) is 23.2 Å². The van der Waals surface area contributed by atoms with Crippen LogP contribution in [0.25, 0.3) is 22.4 Å². The molecule has 1 aliphatic rings. The van der Waals surface area contributed by atoms with E-state index in [4.69, 9.17) is 14.0 Å². The molecule has 3 aromatic rings. The molecule has 0 bridgehead atoms. The second-order valence-electron chi connectivity index (χ2n) is 6.18. The van der Waals surface area contributed by atoms with E-state index >= 15 is 0 Å². The topological polar surface area (TPSA) is 91.5 Å². The van der Waals surface area contributed by atoms with Gasteiger partial charge in [0.25, 0.3) is 5.71 Å². The number of nitrogens with zero attached hydrogens (tertiary/aromatic N) is 2. The summed E-state index contributed by atoms with van der Waals surface area (Å²) in [4.78, 5) is 31.1. The van der Waals surface area contributed by atoms with Crippen LogP contribution in [-0.4, -0.2) is 34.8 Å². The van der Waals surface area contributed by atoms with Crippen LogP contribution in [0.5, 0.6) is 0 Å². The third kappa shape index (κ3) is 2.76. The highest BCUT2D eigenvalue weighted by atomic mass is 32.1. The summed E-state index contributed by atoms with van der Waals surface area (Å²) in [5.74, 6) is -1.13. The van der Waals surface area contributed by atoms with Crippen molar-refractivity contribution in [3.63, 3.8) is 0 Å². The van der Waals surface area contributed by atoms with Gasteiger partial charge in [-0.25, -0.2) is 14.6 Å². The van der Waals surface area contributed by atoms with Crippen LogP contribution in [0.1, 0.15) is 32.2 Å². The number of ether oxygens (including phenoxy) is 2. The zero-order valence-corrected chi connectivity index (χ0v) is 15.3. The molecular formula is C18H16N2O5S. The lowest BCUT2D eigenvalue weighted by Gasteiger charge is -2.10. The SMILES string of the molecule is Cc1cc(-c2cc(C(=O)O[C@H]3CCOC3=O)c3c(C)noc3n2)c(C)s1. The molecule has 8 heteroatoms. The van der Waals surface area contributed by atoms with Crippen LogP contribution in [0.3, 0.4) is 0 Å². The summed E-state index contributed by atoms with van der Waals surface area (Å²) < 4.78 is 15.5. The van der Waals surface area contributed by atoms with Crippen molar-refractivity contribution in [3.8, 4) is 11.3 Å². The summed E-state index contributed by atoms with van der Waals surface area (Å²) in [5.41, 5.74) is 2.63. The number of aromatic nitrogens is 2. The molecule has 7 nitrogen and oxygen atoms in total. The Morgan fingerprint density at radius 2 is 2.12 bits per heavy atom. The summed E-state index contributed by atoms with van der Waals surface area (Å²) in [6.45, 7) is 6.00. The van der Waals surface area contributed by atoms with Crippen molar-refractivity contribution in [2.45, 2.75) is 33.3 Å². The van der Waals surface area contributed by atoms with Gasteiger partial charge in [0, 0.05) is 21.7 Å². The van der Waals surface area contributed by atoms with E-state index in [1.165, 1.54) is 0 Å². The van der Waals surface area contributed by atoms with Crippen LogP contribution < -0.4 is 0 Å². The van der Waals surface area contributed by atoms with E-state index in [1.807, 2.05) is 19.9 Å². The maximum Gasteiger partial charge on any atom is 0.347 e. The van der Waals surface area contributed by atoms with Gasteiger partial charge in [-0.2, -0.15) is 0 Å². The minimum Gasteiger partial charge on any atom is -0.463 e. The third-order valence-electron chi connectivity index (χ3n) is 4.29. The van der Waals surface area contributed by atoms with Crippen LogP contribution in [-0.2, 0) is 14.3 Å². The number of aryl methyl sites for hydroxylation is 3. The predicted molar refractivity (Wildman–Crippen MR) is 94.1 cm³/mol. The molecular weight excluding hydrogens is 356 g/mol. The number of carbonyl (C=O) groups excluding carboxylic acids is 2. The highest BCUT2D eigenvalue weighted by Gasteiger charge is 2.32. The Morgan fingerprint density at radius 1 is 1.31 bits per heavy atom. The Kier molecular flexibility index (Phi) is 3.99. The molecule has 0 radical (unpaired) electrons. The zero-order chi connectivity index (χ0) is 18.4. The van der Waals surface area contributed by atoms with Crippen LogP contribution in [0.2, 0.25) is 0 Å². The Labute approximate surface area is 152 Å². The molecule has 0 spiro atoms. The van der Waals surface area contributed by atoms with Crippen LogP contribution in [0, 0.1) is 20.8 Å². The number of esters is 2. The molecule has 4 rings (SSSR count). The maximum absolute atomic E-state index is 12.8. The number of fused-ring (bicyclic) bond motifs is 1. The number of hydrogen-bond donors (Lipinski definition) is 0. The van der Waals surface area contributed by atoms with Gasteiger partial charge in [0.15, 0.2) is 0 Å². The summed E-state index contributed by atoms with van der Waals surface area (Å²) >= 11 is 1.65. The summed E-state index contributed by atoms with van der Waals surface area (Å²) in [6.07, 6.45) is -0.517. The predicted octanol–water partition coefficient (Wildman–Crippen LogP) is 3.35. The number of thiophene rings is 1. The average Bonchev–Trinajstić information content (AvgIpc) is 3.27. The largest absolute Gasteiger partial charge is 0.463 e. The lowest BCUT2D eigenvalue weighted by atomic mass is 10.1. The van der Waals surface area contributed by atoms with E-state index in [-0.39, 0.29) is 17.9 Å². The van der Waals surface area contributed by atoms with Gasteiger partial charge in [0.2, 0.25) is 6.10 Å². The third-order valence-corrected chi connectivity index (χ3v) is 5.26. The number of hydrogen-bond acceptors (Lipinski definition) is 8. The molecule has 1 atom stereocenters. The first-order valence-corrected chi connectivity index (χ1v) is 8.97. The molecule has 0 amide bonds. The van der Waals surface area contributed by atoms with E-state index in [9.17, 15) is 9.59 Å². The van der Waals surface area contributed by atoms with Crippen molar-refractivity contribution >= 4 is 34.4 Å². The number of rotatable bonds is 3. The lowest BCUT2D eigenvalue weighted by Crippen LogP contribution is -2.23. The van der Waals surface area contributed by atoms with Crippen molar-refractivity contribution in [2.24, 2.45) is 0 Å². The molecule has 0 saturated carbocycles. The molecule has 3 aromatic heterocycles. The smallest absolute Gasteiger partial charge is 0.347 e. The average molecular weight is 372 g/mol. The molecule has 134 valence electrons. The first-order chi connectivity index (χ1) is 12.4. The molecule has 0 N–H and O–H groups in total. The van der Waals surface area contributed by atoms with Crippen LogP contribution in [0.15, 0.2) is 16.7 Å². The quantitative estimate of drug-likeness (QED) is 0.651.